The molecule has 0 atom stereocenters. The van der Waals surface area contributed by atoms with E-state index in [1.54, 1.807) is 47.7 Å². The maximum absolute atomic E-state index is 12.7. The Labute approximate surface area is 148 Å². The van der Waals surface area contributed by atoms with Gasteiger partial charge in [0.1, 0.15) is 0 Å². The predicted octanol–water partition coefficient (Wildman–Crippen LogP) is 3.79. The van der Waals surface area contributed by atoms with E-state index in [4.69, 9.17) is 4.42 Å². The van der Waals surface area contributed by atoms with E-state index in [0.29, 0.717) is 17.8 Å². The third-order valence-corrected chi connectivity index (χ3v) is 5.25. The molecule has 0 spiro atoms. The standard InChI is InChI=1S/C19H16N2O3S/c22-18(16-2-1-10-24-16)20-15-5-3-13(4-6-15)19(23)21-9-7-17-14(12-21)8-11-25-17/h1-6,8,10-11H,7,9,12H2,(H,20,22). The summed E-state index contributed by atoms with van der Waals surface area (Å²) in [4.78, 5) is 27.9. The van der Waals surface area contributed by atoms with E-state index in [1.807, 2.05) is 4.90 Å². The minimum absolute atomic E-state index is 0.0146. The second-order valence-corrected chi connectivity index (χ2v) is 6.86. The van der Waals surface area contributed by atoms with Gasteiger partial charge in [-0.05, 0) is 59.8 Å². The number of hydrogen-bond acceptors (Lipinski definition) is 4. The topological polar surface area (TPSA) is 62.6 Å². The second kappa shape index (κ2) is 6.57. The highest BCUT2D eigenvalue weighted by molar-refractivity contribution is 7.10. The molecular formula is C19H16N2O3S. The summed E-state index contributed by atoms with van der Waals surface area (Å²) in [5, 5.41) is 4.82. The number of hydrogen-bond donors (Lipinski definition) is 1. The Morgan fingerprint density at radius 1 is 1.12 bits per heavy atom. The van der Waals surface area contributed by atoms with Crippen molar-refractivity contribution in [1.82, 2.24) is 4.90 Å². The number of carbonyl (C=O) groups is 2. The third kappa shape index (κ3) is 3.21. The first kappa shape index (κ1) is 15.7. The third-order valence-electron chi connectivity index (χ3n) is 4.23. The van der Waals surface area contributed by atoms with Gasteiger partial charge in [-0.25, -0.2) is 0 Å². The van der Waals surface area contributed by atoms with Crippen LogP contribution in [0.25, 0.3) is 0 Å². The molecule has 0 unspecified atom stereocenters. The van der Waals surface area contributed by atoms with Crippen LogP contribution in [0.3, 0.4) is 0 Å². The molecule has 5 nitrogen and oxygen atoms in total. The molecule has 4 rings (SSSR count). The van der Waals surface area contributed by atoms with E-state index in [1.165, 1.54) is 16.7 Å². The Bertz CT molecular complexity index is 897. The zero-order valence-electron chi connectivity index (χ0n) is 13.4. The summed E-state index contributed by atoms with van der Waals surface area (Å²) >= 11 is 1.76. The van der Waals surface area contributed by atoms with Crippen LogP contribution in [0, 0.1) is 0 Å². The molecule has 0 radical (unpaired) electrons. The van der Waals surface area contributed by atoms with Gasteiger partial charge in [0.15, 0.2) is 5.76 Å². The van der Waals surface area contributed by atoms with Crippen molar-refractivity contribution in [3.8, 4) is 0 Å². The lowest BCUT2D eigenvalue weighted by molar-refractivity contribution is 0.0736. The molecule has 0 saturated carbocycles. The lowest BCUT2D eigenvalue weighted by Gasteiger charge is -2.27. The van der Waals surface area contributed by atoms with Crippen LogP contribution < -0.4 is 5.32 Å². The Kier molecular flexibility index (Phi) is 4.11. The highest BCUT2D eigenvalue weighted by Crippen LogP contribution is 2.25. The van der Waals surface area contributed by atoms with Crippen molar-refractivity contribution in [3.63, 3.8) is 0 Å². The van der Waals surface area contributed by atoms with Gasteiger partial charge in [0.05, 0.1) is 6.26 Å². The second-order valence-electron chi connectivity index (χ2n) is 5.85. The quantitative estimate of drug-likeness (QED) is 0.780. The SMILES string of the molecule is O=C(Nc1ccc(C(=O)N2CCc3sccc3C2)cc1)c1ccco1. The number of thiophene rings is 1. The molecule has 2 amide bonds. The van der Waals surface area contributed by atoms with Gasteiger partial charge in [-0.2, -0.15) is 0 Å². The predicted molar refractivity (Wildman–Crippen MR) is 95.9 cm³/mol. The Hall–Kier alpha value is -2.86. The summed E-state index contributed by atoms with van der Waals surface area (Å²) in [5.41, 5.74) is 2.48. The number of rotatable bonds is 3. The Morgan fingerprint density at radius 2 is 1.96 bits per heavy atom. The largest absolute Gasteiger partial charge is 0.459 e. The van der Waals surface area contributed by atoms with Crippen LogP contribution in [-0.4, -0.2) is 23.3 Å². The molecule has 25 heavy (non-hydrogen) atoms. The molecule has 0 bridgehead atoms. The monoisotopic (exact) mass is 352 g/mol. The van der Waals surface area contributed by atoms with Crippen LogP contribution in [0.1, 0.15) is 31.4 Å². The number of furan rings is 1. The fraction of sp³-hybridized carbons (Fsp3) is 0.158. The van der Waals surface area contributed by atoms with Gasteiger partial charge in [-0.3, -0.25) is 9.59 Å². The average Bonchev–Trinajstić information content (AvgIpc) is 3.32. The molecule has 126 valence electrons. The molecule has 6 heteroatoms. The van der Waals surface area contributed by atoms with Crippen molar-refractivity contribution >= 4 is 28.8 Å². The first-order valence-electron chi connectivity index (χ1n) is 8.00. The molecule has 1 aliphatic rings. The van der Waals surface area contributed by atoms with Gasteiger partial charge in [-0.15, -0.1) is 11.3 Å². The summed E-state index contributed by atoms with van der Waals surface area (Å²) in [7, 11) is 0. The average molecular weight is 352 g/mol. The fourth-order valence-electron chi connectivity index (χ4n) is 2.90. The van der Waals surface area contributed by atoms with Crippen molar-refractivity contribution < 1.29 is 14.0 Å². The number of amides is 2. The zero-order chi connectivity index (χ0) is 17.2. The molecule has 3 aromatic rings. The summed E-state index contributed by atoms with van der Waals surface area (Å²) in [6.45, 7) is 1.40. The van der Waals surface area contributed by atoms with E-state index in [0.717, 1.165) is 13.0 Å². The van der Waals surface area contributed by atoms with Crippen LogP contribution in [0.15, 0.2) is 58.5 Å². The highest BCUT2D eigenvalue weighted by Gasteiger charge is 2.22. The first-order valence-corrected chi connectivity index (χ1v) is 8.88. The fourth-order valence-corrected chi connectivity index (χ4v) is 3.79. The van der Waals surface area contributed by atoms with E-state index in [-0.39, 0.29) is 17.6 Å². The maximum Gasteiger partial charge on any atom is 0.291 e. The van der Waals surface area contributed by atoms with Crippen LogP contribution in [0.5, 0.6) is 0 Å². The number of benzene rings is 1. The maximum atomic E-state index is 12.7. The zero-order valence-corrected chi connectivity index (χ0v) is 14.2. The first-order chi connectivity index (χ1) is 12.2. The molecule has 3 heterocycles. The molecule has 0 aliphatic carbocycles. The van der Waals surface area contributed by atoms with Gasteiger partial charge >= 0.3 is 0 Å². The number of anilines is 1. The lowest BCUT2D eigenvalue weighted by atomic mass is 10.1. The van der Waals surface area contributed by atoms with Gasteiger partial charge in [-0.1, -0.05) is 0 Å². The van der Waals surface area contributed by atoms with E-state index in [2.05, 4.69) is 16.8 Å². The van der Waals surface area contributed by atoms with Crippen LogP contribution in [0.2, 0.25) is 0 Å². The van der Waals surface area contributed by atoms with Crippen LogP contribution in [-0.2, 0) is 13.0 Å². The number of nitrogens with zero attached hydrogens (tertiary/aromatic N) is 1. The Morgan fingerprint density at radius 3 is 2.72 bits per heavy atom. The van der Waals surface area contributed by atoms with Crippen molar-refractivity contribution in [3.05, 3.63) is 75.9 Å². The molecule has 0 fully saturated rings. The van der Waals surface area contributed by atoms with Gasteiger partial charge in [0, 0.05) is 29.2 Å². The Balaban J connectivity index is 1.43. The molecular weight excluding hydrogens is 336 g/mol. The summed E-state index contributed by atoms with van der Waals surface area (Å²) in [6, 6.07) is 12.3. The van der Waals surface area contributed by atoms with Crippen LogP contribution in [0.4, 0.5) is 5.69 Å². The molecule has 0 saturated heterocycles. The van der Waals surface area contributed by atoms with E-state index in [9.17, 15) is 9.59 Å². The number of fused-ring (bicyclic) bond motifs is 1. The van der Waals surface area contributed by atoms with Crippen molar-refractivity contribution in [2.24, 2.45) is 0 Å². The van der Waals surface area contributed by atoms with Crippen molar-refractivity contribution in [1.29, 1.82) is 0 Å². The van der Waals surface area contributed by atoms with Gasteiger partial charge in [0.25, 0.3) is 11.8 Å². The smallest absolute Gasteiger partial charge is 0.291 e. The minimum Gasteiger partial charge on any atom is -0.459 e. The van der Waals surface area contributed by atoms with Gasteiger partial charge < -0.3 is 14.6 Å². The minimum atomic E-state index is -0.315. The number of nitrogens with one attached hydrogen (secondary N) is 1. The normalized spacial score (nSPS) is 13.4. The number of carbonyl (C=O) groups excluding carboxylic acids is 2. The molecule has 1 aliphatic heterocycles. The molecule has 1 N–H and O–H groups in total. The van der Waals surface area contributed by atoms with E-state index < -0.39 is 0 Å². The highest BCUT2D eigenvalue weighted by atomic mass is 32.1. The van der Waals surface area contributed by atoms with Crippen molar-refractivity contribution in [2.45, 2.75) is 13.0 Å². The van der Waals surface area contributed by atoms with Gasteiger partial charge in [0.2, 0.25) is 0 Å². The van der Waals surface area contributed by atoms with Crippen molar-refractivity contribution in [2.75, 3.05) is 11.9 Å². The molecule has 2 aromatic heterocycles. The lowest BCUT2D eigenvalue weighted by Crippen LogP contribution is -2.35. The summed E-state index contributed by atoms with van der Waals surface area (Å²) in [5.74, 6) is -0.0501. The van der Waals surface area contributed by atoms with E-state index >= 15 is 0 Å². The summed E-state index contributed by atoms with van der Waals surface area (Å²) in [6.07, 6.45) is 2.37. The van der Waals surface area contributed by atoms with Crippen LogP contribution >= 0.6 is 11.3 Å². The molecule has 1 aromatic carbocycles. The summed E-state index contributed by atoms with van der Waals surface area (Å²) < 4.78 is 5.06.